The maximum Gasteiger partial charge on any atom is 0.274 e. The lowest BCUT2D eigenvalue weighted by Gasteiger charge is -2.10. The van der Waals surface area contributed by atoms with Crippen LogP contribution in [0.25, 0.3) is 0 Å². The molecule has 0 radical (unpaired) electrons. The molecule has 0 heterocycles. The number of nitrogens with zero attached hydrogens (tertiary/aromatic N) is 1. The first-order chi connectivity index (χ1) is 7.58. The number of hydrogen-bond donors (Lipinski definition) is 1. The Morgan fingerprint density at radius 2 is 2.25 bits per heavy atom. The first-order valence-electron chi connectivity index (χ1n) is 5.26. The van der Waals surface area contributed by atoms with E-state index in [4.69, 9.17) is 17.3 Å². The molecular weight excluding hydrogens is 228 g/mol. The lowest BCUT2D eigenvalue weighted by Crippen LogP contribution is -2.25. The maximum absolute atomic E-state index is 10.8. The van der Waals surface area contributed by atoms with Gasteiger partial charge in [-0.15, -0.1) is 0 Å². The van der Waals surface area contributed by atoms with Gasteiger partial charge in [-0.05, 0) is 31.2 Å². The average Bonchev–Trinajstić information content (AvgIpc) is 3.03. The Balaban J connectivity index is 2.21. The molecule has 0 aliphatic heterocycles. The normalized spacial score (nSPS) is 17.1. The highest BCUT2D eigenvalue weighted by Crippen LogP contribution is 2.34. The SMILES string of the molecule is NC(Cc1ccc(Cl)cc1[N+](=O)[O-])C1CC1. The summed E-state index contributed by atoms with van der Waals surface area (Å²) >= 11 is 5.74. The predicted molar refractivity (Wildman–Crippen MR) is 62.5 cm³/mol. The Hall–Kier alpha value is -1.13. The summed E-state index contributed by atoms with van der Waals surface area (Å²) in [6, 6.07) is 4.78. The molecular formula is C11H13ClN2O2. The van der Waals surface area contributed by atoms with Crippen LogP contribution < -0.4 is 5.73 Å². The molecule has 5 heteroatoms. The van der Waals surface area contributed by atoms with Gasteiger partial charge in [0.25, 0.3) is 5.69 Å². The fourth-order valence-corrected chi connectivity index (χ4v) is 1.99. The molecule has 1 atom stereocenters. The van der Waals surface area contributed by atoms with Crippen molar-refractivity contribution in [1.82, 2.24) is 0 Å². The van der Waals surface area contributed by atoms with Crippen molar-refractivity contribution in [2.75, 3.05) is 0 Å². The van der Waals surface area contributed by atoms with Gasteiger partial charge in [0.1, 0.15) is 0 Å². The lowest BCUT2D eigenvalue weighted by atomic mass is 10.0. The van der Waals surface area contributed by atoms with Crippen LogP contribution in [0.3, 0.4) is 0 Å². The van der Waals surface area contributed by atoms with Gasteiger partial charge in [0, 0.05) is 22.7 Å². The summed E-state index contributed by atoms with van der Waals surface area (Å²) in [5.74, 6) is 0.537. The quantitative estimate of drug-likeness (QED) is 0.650. The highest BCUT2D eigenvalue weighted by molar-refractivity contribution is 6.30. The van der Waals surface area contributed by atoms with E-state index in [1.54, 1.807) is 12.1 Å². The fraction of sp³-hybridized carbons (Fsp3) is 0.455. The summed E-state index contributed by atoms with van der Waals surface area (Å²) in [5.41, 5.74) is 6.71. The van der Waals surface area contributed by atoms with Crippen molar-refractivity contribution in [3.8, 4) is 0 Å². The summed E-state index contributed by atoms with van der Waals surface area (Å²) < 4.78 is 0. The van der Waals surface area contributed by atoms with E-state index in [0.717, 1.165) is 12.8 Å². The van der Waals surface area contributed by atoms with Gasteiger partial charge in [0.15, 0.2) is 0 Å². The van der Waals surface area contributed by atoms with Gasteiger partial charge < -0.3 is 5.73 Å². The lowest BCUT2D eigenvalue weighted by molar-refractivity contribution is -0.385. The number of benzene rings is 1. The molecule has 0 saturated heterocycles. The van der Waals surface area contributed by atoms with Crippen LogP contribution in [-0.4, -0.2) is 11.0 Å². The largest absolute Gasteiger partial charge is 0.327 e. The van der Waals surface area contributed by atoms with Crippen LogP contribution in [0.4, 0.5) is 5.69 Å². The molecule has 86 valence electrons. The van der Waals surface area contributed by atoms with Crippen molar-refractivity contribution in [2.24, 2.45) is 11.7 Å². The molecule has 2 N–H and O–H groups in total. The molecule has 0 bridgehead atoms. The molecule has 1 unspecified atom stereocenters. The second-order valence-electron chi connectivity index (χ2n) is 4.24. The van der Waals surface area contributed by atoms with Crippen molar-refractivity contribution in [2.45, 2.75) is 25.3 Å². The second kappa shape index (κ2) is 4.39. The molecule has 1 aliphatic rings. The van der Waals surface area contributed by atoms with Gasteiger partial charge >= 0.3 is 0 Å². The van der Waals surface area contributed by atoms with Crippen molar-refractivity contribution in [3.63, 3.8) is 0 Å². The molecule has 0 aromatic heterocycles. The van der Waals surface area contributed by atoms with Gasteiger partial charge in [-0.1, -0.05) is 17.7 Å². The van der Waals surface area contributed by atoms with E-state index < -0.39 is 4.92 Å². The topological polar surface area (TPSA) is 69.2 Å². The minimum Gasteiger partial charge on any atom is -0.327 e. The molecule has 4 nitrogen and oxygen atoms in total. The third kappa shape index (κ3) is 2.51. The standard InChI is InChI=1S/C11H13ClN2O2/c12-9-4-3-8(11(6-9)14(15)16)5-10(13)7-1-2-7/h3-4,6-7,10H,1-2,5,13H2. The highest BCUT2D eigenvalue weighted by Gasteiger charge is 2.30. The fourth-order valence-electron chi connectivity index (χ4n) is 1.82. The molecule has 0 amide bonds. The third-order valence-corrected chi connectivity index (χ3v) is 3.16. The maximum atomic E-state index is 10.8. The van der Waals surface area contributed by atoms with Crippen molar-refractivity contribution in [1.29, 1.82) is 0 Å². The van der Waals surface area contributed by atoms with Gasteiger partial charge in [-0.25, -0.2) is 0 Å². The summed E-state index contributed by atoms with van der Waals surface area (Å²) in [6.45, 7) is 0. The summed E-state index contributed by atoms with van der Waals surface area (Å²) in [7, 11) is 0. The minimum absolute atomic E-state index is 0.0277. The van der Waals surface area contributed by atoms with Crippen LogP contribution in [0.1, 0.15) is 18.4 Å². The molecule has 1 aromatic rings. The Labute approximate surface area is 98.5 Å². The number of nitro groups is 1. The summed E-state index contributed by atoms with van der Waals surface area (Å²) in [5, 5.41) is 11.2. The Morgan fingerprint density at radius 3 is 2.81 bits per heavy atom. The predicted octanol–water partition coefficient (Wildman–Crippen LogP) is 2.53. The van der Waals surface area contributed by atoms with Crippen LogP contribution in [0.15, 0.2) is 18.2 Å². The zero-order chi connectivity index (χ0) is 11.7. The van der Waals surface area contributed by atoms with Gasteiger partial charge in [0.05, 0.1) is 4.92 Å². The number of rotatable bonds is 4. The van der Waals surface area contributed by atoms with Crippen LogP contribution in [0.2, 0.25) is 5.02 Å². The number of halogens is 1. The first-order valence-corrected chi connectivity index (χ1v) is 5.64. The van der Waals surface area contributed by atoms with Gasteiger partial charge in [-0.3, -0.25) is 10.1 Å². The van der Waals surface area contributed by atoms with Crippen LogP contribution >= 0.6 is 11.6 Å². The Kier molecular flexibility index (Phi) is 3.12. The van der Waals surface area contributed by atoms with Crippen molar-refractivity contribution < 1.29 is 4.92 Å². The van der Waals surface area contributed by atoms with E-state index in [0.29, 0.717) is 22.9 Å². The third-order valence-electron chi connectivity index (χ3n) is 2.93. The van der Waals surface area contributed by atoms with Gasteiger partial charge in [0.2, 0.25) is 0 Å². The minimum atomic E-state index is -0.402. The molecule has 1 saturated carbocycles. The van der Waals surface area contributed by atoms with Crippen LogP contribution in [0.5, 0.6) is 0 Å². The highest BCUT2D eigenvalue weighted by atomic mass is 35.5. The molecule has 16 heavy (non-hydrogen) atoms. The van der Waals surface area contributed by atoms with E-state index in [-0.39, 0.29) is 11.7 Å². The van der Waals surface area contributed by atoms with Crippen LogP contribution in [0, 0.1) is 16.0 Å². The Morgan fingerprint density at radius 1 is 1.56 bits per heavy atom. The molecule has 2 rings (SSSR count). The van der Waals surface area contributed by atoms with Crippen molar-refractivity contribution >= 4 is 17.3 Å². The number of nitro benzene ring substituents is 1. The summed E-state index contributed by atoms with van der Waals surface area (Å²) in [6.07, 6.45) is 2.84. The zero-order valence-electron chi connectivity index (χ0n) is 8.73. The smallest absolute Gasteiger partial charge is 0.274 e. The average molecular weight is 241 g/mol. The van der Waals surface area contributed by atoms with Crippen LogP contribution in [-0.2, 0) is 6.42 Å². The molecule has 0 spiro atoms. The van der Waals surface area contributed by atoms with Crippen molar-refractivity contribution in [3.05, 3.63) is 38.9 Å². The van der Waals surface area contributed by atoms with E-state index in [1.807, 2.05) is 0 Å². The molecule has 1 aliphatic carbocycles. The van der Waals surface area contributed by atoms with Gasteiger partial charge in [-0.2, -0.15) is 0 Å². The Bertz CT molecular complexity index is 418. The number of nitrogens with two attached hydrogens (primary N) is 1. The number of hydrogen-bond acceptors (Lipinski definition) is 3. The molecule has 1 fully saturated rings. The van der Waals surface area contributed by atoms with E-state index in [2.05, 4.69) is 0 Å². The first kappa shape index (κ1) is 11.4. The van der Waals surface area contributed by atoms with E-state index in [9.17, 15) is 10.1 Å². The van der Waals surface area contributed by atoms with E-state index in [1.165, 1.54) is 6.07 Å². The second-order valence-corrected chi connectivity index (χ2v) is 4.67. The van der Waals surface area contributed by atoms with E-state index >= 15 is 0 Å². The zero-order valence-corrected chi connectivity index (χ0v) is 9.48. The summed E-state index contributed by atoms with van der Waals surface area (Å²) in [4.78, 5) is 10.4. The molecule has 1 aromatic carbocycles. The monoisotopic (exact) mass is 240 g/mol.